The van der Waals surface area contributed by atoms with E-state index in [1.165, 1.54) is 10.9 Å². The number of carbonyl (C=O) groups excluding carboxylic acids is 1. The Bertz CT molecular complexity index is 1430. The van der Waals surface area contributed by atoms with Gasteiger partial charge in [0.15, 0.2) is 5.13 Å². The molecule has 0 saturated heterocycles. The van der Waals surface area contributed by atoms with Crippen molar-refractivity contribution in [1.29, 1.82) is 0 Å². The third-order valence-electron chi connectivity index (χ3n) is 7.04. The number of rotatable bonds is 4. The van der Waals surface area contributed by atoms with E-state index in [2.05, 4.69) is 26.1 Å². The Morgan fingerprint density at radius 2 is 2.00 bits per heavy atom. The lowest BCUT2D eigenvalue weighted by Gasteiger charge is -2.33. The van der Waals surface area contributed by atoms with Crippen molar-refractivity contribution < 1.29 is 9.18 Å². The second-order valence-electron chi connectivity index (χ2n) is 10.7. The molecule has 1 atom stereocenters. The fourth-order valence-electron chi connectivity index (χ4n) is 4.87. The summed E-state index contributed by atoms with van der Waals surface area (Å²) in [5.74, 6) is 0.239. The molecule has 3 heterocycles. The first kappa shape index (κ1) is 23.7. The number of anilines is 1. The van der Waals surface area contributed by atoms with E-state index >= 15 is 0 Å². The van der Waals surface area contributed by atoms with Gasteiger partial charge in [-0.15, -0.1) is 11.3 Å². The highest BCUT2D eigenvalue weighted by molar-refractivity contribution is 7.15. The SMILES string of the molecule is Cc1ccc2nc(-c3ccc(F)c(C)c3)c(CC(=O)Nc3nc4c(s3)CC(C(C)(C)C)CC4)n2c1. The van der Waals surface area contributed by atoms with E-state index in [0.717, 1.165) is 47.4 Å². The van der Waals surface area contributed by atoms with Crippen LogP contribution in [0.15, 0.2) is 36.5 Å². The Morgan fingerprint density at radius 1 is 1.20 bits per heavy atom. The predicted molar refractivity (Wildman–Crippen MR) is 139 cm³/mol. The van der Waals surface area contributed by atoms with Gasteiger partial charge >= 0.3 is 0 Å². The smallest absolute Gasteiger partial charge is 0.232 e. The molecule has 0 bridgehead atoms. The van der Waals surface area contributed by atoms with Crippen molar-refractivity contribution in [3.63, 3.8) is 0 Å². The van der Waals surface area contributed by atoms with Gasteiger partial charge in [-0.2, -0.15) is 0 Å². The summed E-state index contributed by atoms with van der Waals surface area (Å²) < 4.78 is 15.9. The minimum atomic E-state index is -0.255. The molecule has 0 spiro atoms. The molecular weight excluding hydrogens is 459 g/mol. The van der Waals surface area contributed by atoms with E-state index in [1.807, 2.05) is 29.7 Å². The molecule has 0 fully saturated rings. The zero-order valence-electron chi connectivity index (χ0n) is 20.9. The Hall–Kier alpha value is -3.06. The van der Waals surface area contributed by atoms with Crippen LogP contribution in [0.25, 0.3) is 16.9 Å². The molecule has 7 heteroatoms. The van der Waals surface area contributed by atoms with Gasteiger partial charge in [0.05, 0.1) is 23.5 Å². The van der Waals surface area contributed by atoms with E-state index in [0.29, 0.717) is 22.3 Å². The van der Waals surface area contributed by atoms with Crippen LogP contribution in [0.2, 0.25) is 0 Å². The molecule has 0 saturated carbocycles. The molecule has 1 aliphatic carbocycles. The molecule has 182 valence electrons. The molecule has 1 unspecified atom stereocenters. The molecule has 1 aliphatic rings. The van der Waals surface area contributed by atoms with Crippen LogP contribution < -0.4 is 5.32 Å². The molecule has 0 aliphatic heterocycles. The number of halogens is 1. The highest BCUT2D eigenvalue weighted by atomic mass is 32.1. The fourth-order valence-corrected chi connectivity index (χ4v) is 5.98. The molecule has 1 amide bonds. The van der Waals surface area contributed by atoms with Crippen LogP contribution in [0.3, 0.4) is 0 Å². The second kappa shape index (κ2) is 8.86. The van der Waals surface area contributed by atoms with E-state index in [9.17, 15) is 9.18 Å². The maximum Gasteiger partial charge on any atom is 0.232 e. The quantitative estimate of drug-likeness (QED) is 0.353. The summed E-state index contributed by atoms with van der Waals surface area (Å²) in [5, 5.41) is 3.70. The van der Waals surface area contributed by atoms with Gasteiger partial charge in [-0.05, 0) is 79.8 Å². The van der Waals surface area contributed by atoms with Crippen LogP contribution in [0.5, 0.6) is 0 Å². The Labute approximate surface area is 209 Å². The predicted octanol–water partition coefficient (Wildman–Crippen LogP) is 6.55. The summed E-state index contributed by atoms with van der Waals surface area (Å²) in [7, 11) is 0. The molecule has 35 heavy (non-hydrogen) atoms. The maximum absolute atomic E-state index is 13.9. The highest BCUT2D eigenvalue weighted by Gasteiger charge is 2.31. The molecule has 1 N–H and O–H groups in total. The Morgan fingerprint density at radius 3 is 2.74 bits per heavy atom. The number of amides is 1. The Balaban J connectivity index is 1.43. The van der Waals surface area contributed by atoms with Crippen LogP contribution >= 0.6 is 11.3 Å². The molecule has 0 radical (unpaired) electrons. The van der Waals surface area contributed by atoms with Crippen molar-refractivity contribution >= 4 is 28.0 Å². The molecule has 5 rings (SSSR count). The van der Waals surface area contributed by atoms with Crippen LogP contribution in [0.1, 0.15) is 54.6 Å². The minimum Gasteiger partial charge on any atom is -0.303 e. The fraction of sp³-hybridized carbons (Fsp3) is 0.393. The average Bonchev–Trinajstić information content (AvgIpc) is 3.35. The molecule has 3 aromatic heterocycles. The lowest BCUT2D eigenvalue weighted by Crippen LogP contribution is -2.26. The normalized spacial score (nSPS) is 15.9. The number of hydrogen-bond acceptors (Lipinski definition) is 4. The number of nitrogens with zero attached hydrogens (tertiary/aromatic N) is 3. The number of pyridine rings is 1. The Kier molecular flexibility index (Phi) is 5.99. The van der Waals surface area contributed by atoms with Gasteiger partial charge in [-0.25, -0.2) is 14.4 Å². The zero-order valence-corrected chi connectivity index (χ0v) is 21.7. The number of imidazole rings is 1. The van der Waals surface area contributed by atoms with Crippen molar-refractivity contribution in [2.45, 2.75) is 60.3 Å². The van der Waals surface area contributed by atoms with Crippen molar-refractivity contribution in [3.05, 3.63) is 69.7 Å². The number of nitrogens with one attached hydrogen (secondary N) is 1. The minimum absolute atomic E-state index is 0.133. The van der Waals surface area contributed by atoms with Crippen molar-refractivity contribution in [3.8, 4) is 11.3 Å². The standard InChI is InChI=1S/C28H31FN4OS/c1-16-6-11-24-31-26(18-7-9-20(29)17(2)12-18)22(33(24)15-16)14-25(34)32-27-30-21-10-8-19(28(3,4)5)13-23(21)35-27/h6-7,9,11-12,15,19H,8,10,13-14H2,1-5H3,(H,30,32,34). The third kappa shape index (κ3) is 4.74. The van der Waals surface area contributed by atoms with Crippen molar-refractivity contribution in [1.82, 2.24) is 14.4 Å². The first-order valence-corrected chi connectivity index (χ1v) is 12.9. The number of benzene rings is 1. The molecule has 5 nitrogen and oxygen atoms in total. The summed E-state index contributed by atoms with van der Waals surface area (Å²) in [6.45, 7) is 10.6. The van der Waals surface area contributed by atoms with E-state index < -0.39 is 0 Å². The number of fused-ring (bicyclic) bond motifs is 2. The van der Waals surface area contributed by atoms with Gasteiger partial charge in [-0.3, -0.25) is 4.79 Å². The largest absolute Gasteiger partial charge is 0.303 e. The van der Waals surface area contributed by atoms with Crippen molar-refractivity contribution in [2.75, 3.05) is 5.32 Å². The first-order valence-electron chi connectivity index (χ1n) is 12.1. The summed E-state index contributed by atoms with van der Waals surface area (Å²) in [6.07, 6.45) is 5.25. The van der Waals surface area contributed by atoms with Crippen LogP contribution in [0, 0.1) is 31.0 Å². The van der Waals surface area contributed by atoms with E-state index in [-0.39, 0.29) is 23.6 Å². The maximum atomic E-state index is 13.9. The first-order chi connectivity index (χ1) is 16.6. The van der Waals surface area contributed by atoms with Crippen LogP contribution in [-0.4, -0.2) is 20.3 Å². The van der Waals surface area contributed by atoms with Gasteiger partial charge in [0, 0.05) is 16.6 Å². The summed E-state index contributed by atoms with van der Waals surface area (Å²) in [6, 6.07) is 8.90. The molecular formula is C28H31FN4OS. The van der Waals surface area contributed by atoms with Gasteiger partial charge in [0.1, 0.15) is 11.5 Å². The van der Waals surface area contributed by atoms with Gasteiger partial charge in [0.25, 0.3) is 0 Å². The highest BCUT2D eigenvalue weighted by Crippen LogP contribution is 2.40. The lowest BCUT2D eigenvalue weighted by atomic mass is 9.73. The molecule has 1 aromatic carbocycles. The number of aromatic nitrogens is 3. The molecule has 4 aromatic rings. The van der Waals surface area contributed by atoms with Crippen LogP contribution in [-0.2, 0) is 24.1 Å². The number of aryl methyl sites for hydroxylation is 3. The number of thiazole rings is 1. The number of hydrogen-bond donors (Lipinski definition) is 1. The average molecular weight is 491 g/mol. The monoisotopic (exact) mass is 490 g/mol. The number of carbonyl (C=O) groups is 1. The second-order valence-corrected chi connectivity index (χ2v) is 11.8. The van der Waals surface area contributed by atoms with Crippen LogP contribution in [0.4, 0.5) is 9.52 Å². The van der Waals surface area contributed by atoms with Crippen molar-refractivity contribution in [2.24, 2.45) is 11.3 Å². The zero-order chi connectivity index (χ0) is 24.9. The summed E-state index contributed by atoms with van der Waals surface area (Å²) in [4.78, 5) is 24.0. The van der Waals surface area contributed by atoms with E-state index in [4.69, 9.17) is 9.97 Å². The topological polar surface area (TPSA) is 59.3 Å². The summed E-state index contributed by atoms with van der Waals surface area (Å²) >= 11 is 1.60. The summed E-state index contributed by atoms with van der Waals surface area (Å²) in [5.41, 5.74) is 6.04. The third-order valence-corrected chi connectivity index (χ3v) is 8.07. The van der Waals surface area contributed by atoms with Gasteiger partial charge in [-0.1, -0.05) is 26.8 Å². The lowest BCUT2D eigenvalue weighted by molar-refractivity contribution is -0.115. The van der Waals surface area contributed by atoms with Gasteiger partial charge in [0.2, 0.25) is 5.91 Å². The van der Waals surface area contributed by atoms with E-state index in [1.54, 1.807) is 30.4 Å². The van der Waals surface area contributed by atoms with Gasteiger partial charge < -0.3 is 9.72 Å².